The topological polar surface area (TPSA) is 119 Å². The first kappa shape index (κ1) is 18.8. The van der Waals surface area contributed by atoms with Crippen LogP contribution in [-0.4, -0.2) is 38.0 Å². The summed E-state index contributed by atoms with van der Waals surface area (Å²) in [6.45, 7) is 1.47. The maximum Gasteiger partial charge on any atom is 0.287 e. The number of hydrogen-bond acceptors (Lipinski definition) is 6. The first-order valence-corrected chi connectivity index (χ1v) is 7.63. The summed E-state index contributed by atoms with van der Waals surface area (Å²) in [5.41, 5.74) is 4.77. The Morgan fingerprint density at radius 3 is 2.35 bits per heavy atom. The second-order valence-electron chi connectivity index (χ2n) is 5.19. The summed E-state index contributed by atoms with van der Waals surface area (Å²) in [6, 6.07) is 6.70. The van der Waals surface area contributed by atoms with Gasteiger partial charge in [-0.3, -0.25) is 25.2 Å². The van der Waals surface area contributed by atoms with Crippen molar-refractivity contribution in [1.82, 2.24) is 16.2 Å². The van der Waals surface area contributed by atoms with Crippen LogP contribution in [0.2, 0.25) is 0 Å². The summed E-state index contributed by atoms with van der Waals surface area (Å²) in [7, 11) is 2.93. The summed E-state index contributed by atoms with van der Waals surface area (Å²) in [6.07, 6.45) is 1.35. The lowest BCUT2D eigenvalue weighted by Crippen LogP contribution is -2.51. The number of hydrazine groups is 1. The Balaban J connectivity index is 1.90. The van der Waals surface area contributed by atoms with Gasteiger partial charge in [0.15, 0.2) is 17.3 Å². The molecule has 0 bridgehead atoms. The number of carbonyl (C=O) groups is 3. The van der Waals surface area contributed by atoms with E-state index in [0.29, 0.717) is 11.5 Å². The highest BCUT2D eigenvalue weighted by Crippen LogP contribution is 2.27. The van der Waals surface area contributed by atoms with Crippen LogP contribution in [0.1, 0.15) is 27.8 Å². The van der Waals surface area contributed by atoms with E-state index in [-0.39, 0.29) is 11.3 Å². The number of benzene rings is 1. The zero-order valence-corrected chi connectivity index (χ0v) is 14.5. The molecule has 9 nitrogen and oxygen atoms in total. The van der Waals surface area contributed by atoms with Crippen molar-refractivity contribution in [1.29, 1.82) is 0 Å². The minimum absolute atomic E-state index is 0.0824. The number of carbonyl (C=O) groups excluding carboxylic acids is 3. The predicted molar refractivity (Wildman–Crippen MR) is 90.8 cm³/mol. The van der Waals surface area contributed by atoms with Crippen LogP contribution in [0.4, 0.5) is 0 Å². The Hall–Kier alpha value is -3.49. The highest BCUT2D eigenvalue weighted by Gasteiger charge is 2.19. The molecule has 0 saturated heterocycles. The van der Waals surface area contributed by atoms with Crippen LogP contribution < -0.4 is 25.6 Å². The number of rotatable bonds is 6. The zero-order chi connectivity index (χ0) is 19.1. The number of furan rings is 1. The number of amides is 3. The molecule has 0 radical (unpaired) electrons. The van der Waals surface area contributed by atoms with Crippen LogP contribution in [0.15, 0.2) is 41.0 Å². The molecule has 1 aromatic heterocycles. The Bertz CT molecular complexity index is 788. The maximum absolute atomic E-state index is 12.1. The molecule has 2 rings (SSSR count). The average molecular weight is 361 g/mol. The fraction of sp³-hybridized carbons (Fsp3) is 0.235. The van der Waals surface area contributed by atoms with Gasteiger partial charge in [0.05, 0.1) is 20.5 Å². The molecular weight excluding hydrogens is 342 g/mol. The van der Waals surface area contributed by atoms with E-state index in [4.69, 9.17) is 13.9 Å². The maximum atomic E-state index is 12.1. The number of hydrogen-bond donors (Lipinski definition) is 3. The van der Waals surface area contributed by atoms with Gasteiger partial charge in [-0.15, -0.1) is 0 Å². The molecule has 0 fully saturated rings. The molecular formula is C17H19N3O6. The molecule has 1 atom stereocenters. The Morgan fingerprint density at radius 1 is 1.00 bits per heavy atom. The van der Waals surface area contributed by atoms with Gasteiger partial charge in [0.1, 0.15) is 6.04 Å². The third-order valence-electron chi connectivity index (χ3n) is 3.43. The van der Waals surface area contributed by atoms with Crippen LogP contribution in [0.25, 0.3) is 0 Å². The van der Waals surface area contributed by atoms with Gasteiger partial charge in [-0.25, -0.2) is 0 Å². The van der Waals surface area contributed by atoms with Crippen LogP contribution in [0.5, 0.6) is 11.5 Å². The normalized spacial score (nSPS) is 11.2. The summed E-state index contributed by atoms with van der Waals surface area (Å²) in [5.74, 6) is -0.752. The predicted octanol–water partition coefficient (Wildman–Crippen LogP) is 0.876. The molecule has 0 aliphatic carbocycles. The van der Waals surface area contributed by atoms with Gasteiger partial charge >= 0.3 is 0 Å². The van der Waals surface area contributed by atoms with E-state index in [0.717, 1.165) is 0 Å². The van der Waals surface area contributed by atoms with E-state index < -0.39 is 23.8 Å². The molecule has 0 unspecified atom stereocenters. The lowest BCUT2D eigenvalue weighted by atomic mass is 10.2. The lowest BCUT2D eigenvalue weighted by Gasteiger charge is -2.14. The van der Waals surface area contributed by atoms with Crippen molar-refractivity contribution in [2.75, 3.05) is 14.2 Å². The number of ether oxygens (including phenoxy) is 2. The van der Waals surface area contributed by atoms with Crippen molar-refractivity contribution in [3.63, 3.8) is 0 Å². The van der Waals surface area contributed by atoms with Gasteiger partial charge in [-0.2, -0.15) is 0 Å². The van der Waals surface area contributed by atoms with Crippen molar-refractivity contribution in [2.24, 2.45) is 0 Å². The van der Waals surface area contributed by atoms with Crippen molar-refractivity contribution in [2.45, 2.75) is 13.0 Å². The van der Waals surface area contributed by atoms with E-state index in [2.05, 4.69) is 16.2 Å². The fourth-order valence-corrected chi connectivity index (χ4v) is 2.02. The number of nitrogens with one attached hydrogen (secondary N) is 3. The molecule has 0 aliphatic rings. The standard InChI is InChI=1S/C17H19N3O6/c1-10(18-17(23)13-5-4-8-26-13)15(21)19-20-16(22)11-6-7-12(24-2)14(9-11)25-3/h4-10H,1-3H3,(H,18,23)(H,19,21)(H,20,22)/t10-/m0/s1. The summed E-state index contributed by atoms with van der Waals surface area (Å²) < 4.78 is 15.2. The van der Waals surface area contributed by atoms with E-state index in [1.165, 1.54) is 45.6 Å². The minimum atomic E-state index is -0.890. The van der Waals surface area contributed by atoms with Gasteiger partial charge in [-0.05, 0) is 37.3 Å². The van der Waals surface area contributed by atoms with E-state index in [9.17, 15) is 14.4 Å². The SMILES string of the molecule is COc1ccc(C(=O)NNC(=O)[C@H](C)NC(=O)c2ccco2)cc1OC. The van der Waals surface area contributed by atoms with Crippen molar-refractivity contribution in [3.05, 3.63) is 47.9 Å². The van der Waals surface area contributed by atoms with Crippen molar-refractivity contribution >= 4 is 17.7 Å². The molecule has 0 aliphatic heterocycles. The fourth-order valence-electron chi connectivity index (χ4n) is 2.02. The Morgan fingerprint density at radius 2 is 1.73 bits per heavy atom. The van der Waals surface area contributed by atoms with Gasteiger partial charge < -0.3 is 19.2 Å². The molecule has 9 heteroatoms. The van der Waals surface area contributed by atoms with E-state index in [1.807, 2.05) is 0 Å². The van der Waals surface area contributed by atoms with E-state index in [1.54, 1.807) is 12.1 Å². The lowest BCUT2D eigenvalue weighted by molar-refractivity contribution is -0.123. The van der Waals surface area contributed by atoms with Gasteiger partial charge in [0.25, 0.3) is 17.7 Å². The summed E-state index contributed by atoms with van der Waals surface area (Å²) in [5, 5.41) is 2.45. The molecule has 0 saturated carbocycles. The first-order chi connectivity index (χ1) is 12.5. The van der Waals surface area contributed by atoms with Crippen LogP contribution in [0, 0.1) is 0 Å². The van der Waals surface area contributed by atoms with Gasteiger partial charge in [0.2, 0.25) is 0 Å². The molecule has 3 N–H and O–H groups in total. The van der Waals surface area contributed by atoms with Gasteiger partial charge in [0, 0.05) is 5.56 Å². The highest BCUT2D eigenvalue weighted by atomic mass is 16.5. The van der Waals surface area contributed by atoms with Crippen molar-refractivity contribution < 1.29 is 28.3 Å². The zero-order valence-electron chi connectivity index (χ0n) is 14.5. The molecule has 1 aromatic carbocycles. The third kappa shape index (κ3) is 4.53. The number of methoxy groups -OCH3 is 2. The summed E-state index contributed by atoms with van der Waals surface area (Å²) in [4.78, 5) is 35.9. The smallest absolute Gasteiger partial charge is 0.287 e. The van der Waals surface area contributed by atoms with E-state index >= 15 is 0 Å². The van der Waals surface area contributed by atoms with Crippen LogP contribution in [-0.2, 0) is 4.79 Å². The van der Waals surface area contributed by atoms with Crippen LogP contribution >= 0.6 is 0 Å². The quantitative estimate of drug-likeness (QED) is 0.657. The Labute approximate surface area is 149 Å². The first-order valence-electron chi connectivity index (χ1n) is 7.63. The minimum Gasteiger partial charge on any atom is -0.493 e. The molecule has 2 aromatic rings. The molecule has 1 heterocycles. The molecule has 138 valence electrons. The average Bonchev–Trinajstić information content (AvgIpc) is 3.19. The third-order valence-corrected chi connectivity index (χ3v) is 3.43. The highest BCUT2D eigenvalue weighted by molar-refractivity contribution is 5.98. The largest absolute Gasteiger partial charge is 0.493 e. The van der Waals surface area contributed by atoms with Crippen LogP contribution in [0.3, 0.4) is 0 Å². The summed E-state index contributed by atoms with van der Waals surface area (Å²) >= 11 is 0. The van der Waals surface area contributed by atoms with Crippen molar-refractivity contribution in [3.8, 4) is 11.5 Å². The molecule has 3 amide bonds. The second-order valence-corrected chi connectivity index (χ2v) is 5.19. The second kappa shape index (κ2) is 8.56. The van der Waals surface area contributed by atoms with Gasteiger partial charge in [-0.1, -0.05) is 0 Å². The molecule has 26 heavy (non-hydrogen) atoms. The molecule has 0 spiro atoms. The monoisotopic (exact) mass is 361 g/mol. The Kier molecular flexibility index (Phi) is 6.20.